The van der Waals surface area contributed by atoms with Crippen LogP contribution in [0.4, 0.5) is 0 Å². The Morgan fingerprint density at radius 3 is 2.67 bits per heavy atom. The Morgan fingerprint density at radius 2 is 2.20 bits per heavy atom. The summed E-state index contributed by atoms with van der Waals surface area (Å²) in [6.45, 7) is 4.03. The Morgan fingerprint density at radius 1 is 1.47 bits per heavy atom. The van der Waals surface area contributed by atoms with Crippen LogP contribution >= 0.6 is 0 Å². The number of nitrogens with two attached hydrogens (primary N) is 1. The Balaban J connectivity index is 1.96. The predicted molar refractivity (Wildman–Crippen MR) is 57.3 cm³/mol. The third-order valence-corrected chi connectivity index (χ3v) is 3.27. The second kappa shape index (κ2) is 4.49. The molecule has 0 aromatic rings. The molecule has 2 atom stereocenters. The van der Waals surface area contributed by atoms with Gasteiger partial charge in [0.05, 0.1) is 0 Å². The van der Waals surface area contributed by atoms with Crippen LogP contribution in [0.5, 0.6) is 0 Å². The molecule has 1 saturated carbocycles. The van der Waals surface area contributed by atoms with Gasteiger partial charge in [0.25, 0.3) is 5.91 Å². The fraction of sp³-hybridized carbons (Fsp3) is 0.909. The Kier molecular flexibility index (Phi) is 3.26. The number of hydrogen-bond donors (Lipinski definition) is 1. The molecule has 1 aliphatic carbocycles. The van der Waals surface area contributed by atoms with Gasteiger partial charge in [-0.05, 0) is 25.2 Å². The first-order valence-electron chi connectivity index (χ1n) is 5.86. The summed E-state index contributed by atoms with van der Waals surface area (Å²) in [7, 11) is 0. The molecule has 2 aliphatic rings. The molecule has 15 heavy (non-hydrogen) atoms. The Hall–Kier alpha value is -0.610. The minimum atomic E-state index is -0.211. The number of nitrogens with zero attached hydrogens (tertiary/aromatic N) is 1. The fourth-order valence-electron chi connectivity index (χ4n) is 2.17. The van der Waals surface area contributed by atoms with Crippen molar-refractivity contribution >= 4 is 5.91 Å². The molecule has 2 N–H and O–H groups in total. The van der Waals surface area contributed by atoms with E-state index >= 15 is 0 Å². The first kappa shape index (κ1) is 10.9. The maximum atomic E-state index is 12.2. The minimum Gasteiger partial charge on any atom is -0.368 e. The van der Waals surface area contributed by atoms with E-state index in [1.807, 2.05) is 4.90 Å². The molecule has 1 heterocycles. The molecular formula is C11H20N2O2. The molecule has 1 aliphatic heterocycles. The number of rotatable bonds is 4. The maximum Gasteiger partial charge on any atom is 0.252 e. The van der Waals surface area contributed by atoms with Gasteiger partial charge in [-0.2, -0.15) is 0 Å². The van der Waals surface area contributed by atoms with E-state index in [0.717, 1.165) is 25.9 Å². The van der Waals surface area contributed by atoms with Crippen molar-refractivity contribution in [2.75, 3.05) is 19.7 Å². The van der Waals surface area contributed by atoms with Crippen LogP contribution in [0.3, 0.4) is 0 Å². The summed E-state index contributed by atoms with van der Waals surface area (Å²) >= 11 is 0. The van der Waals surface area contributed by atoms with Crippen molar-refractivity contribution in [3.63, 3.8) is 0 Å². The van der Waals surface area contributed by atoms with Gasteiger partial charge < -0.3 is 15.4 Å². The Labute approximate surface area is 90.8 Å². The van der Waals surface area contributed by atoms with Crippen LogP contribution in [0.2, 0.25) is 0 Å². The van der Waals surface area contributed by atoms with Crippen molar-refractivity contribution < 1.29 is 9.53 Å². The van der Waals surface area contributed by atoms with Gasteiger partial charge in [0.15, 0.2) is 0 Å². The standard InChI is InChI=1S/C11H20N2O2/c1-8-4-7-15-10(8)11(14)13(6-5-12)9-2-3-9/h8-10H,2-7,12H2,1H3. The minimum absolute atomic E-state index is 0.160. The number of hydrogen-bond acceptors (Lipinski definition) is 3. The largest absolute Gasteiger partial charge is 0.368 e. The molecule has 1 amide bonds. The van der Waals surface area contributed by atoms with E-state index in [2.05, 4.69) is 6.92 Å². The average molecular weight is 212 g/mol. The quantitative estimate of drug-likeness (QED) is 0.732. The average Bonchev–Trinajstić information content (AvgIpc) is 2.97. The lowest BCUT2D eigenvalue weighted by atomic mass is 10.0. The molecule has 2 unspecified atom stereocenters. The number of carbonyl (C=O) groups excluding carboxylic acids is 1. The molecule has 86 valence electrons. The van der Waals surface area contributed by atoms with Crippen molar-refractivity contribution in [3.8, 4) is 0 Å². The van der Waals surface area contributed by atoms with E-state index in [9.17, 15) is 4.79 Å². The van der Waals surface area contributed by atoms with E-state index < -0.39 is 0 Å². The lowest BCUT2D eigenvalue weighted by Crippen LogP contribution is -2.44. The lowest BCUT2D eigenvalue weighted by molar-refractivity contribution is -0.143. The topological polar surface area (TPSA) is 55.6 Å². The third kappa shape index (κ3) is 2.32. The van der Waals surface area contributed by atoms with Crippen molar-refractivity contribution in [2.24, 2.45) is 11.7 Å². The molecule has 0 spiro atoms. The summed E-state index contributed by atoms with van der Waals surface area (Å²) in [6.07, 6.45) is 3.05. The van der Waals surface area contributed by atoms with Crippen LogP contribution in [-0.4, -0.2) is 42.6 Å². The summed E-state index contributed by atoms with van der Waals surface area (Å²) < 4.78 is 5.50. The molecule has 2 fully saturated rings. The van der Waals surface area contributed by atoms with Gasteiger partial charge in [-0.1, -0.05) is 6.92 Å². The molecular weight excluding hydrogens is 192 g/mol. The zero-order chi connectivity index (χ0) is 10.8. The summed E-state index contributed by atoms with van der Waals surface area (Å²) in [6, 6.07) is 0.442. The second-order valence-corrected chi connectivity index (χ2v) is 4.61. The maximum absolute atomic E-state index is 12.2. The summed E-state index contributed by atoms with van der Waals surface area (Å²) in [5.41, 5.74) is 5.53. The van der Waals surface area contributed by atoms with Crippen molar-refractivity contribution in [3.05, 3.63) is 0 Å². The van der Waals surface area contributed by atoms with Gasteiger partial charge in [0, 0.05) is 25.7 Å². The third-order valence-electron chi connectivity index (χ3n) is 3.27. The van der Waals surface area contributed by atoms with Crippen LogP contribution in [0.1, 0.15) is 26.2 Å². The van der Waals surface area contributed by atoms with Crippen LogP contribution in [0.25, 0.3) is 0 Å². The van der Waals surface area contributed by atoms with Crippen LogP contribution < -0.4 is 5.73 Å². The normalized spacial score (nSPS) is 30.5. The van der Waals surface area contributed by atoms with Gasteiger partial charge in [-0.25, -0.2) is 0 Å². The highest BCUT2D eigenvalue weighted by molar-refractivity contribution is 5.82. The van der Waals surface area contributed by atoms with Crippen molar-refractivity contribution in [1.29, 1.82) is 0 Å². The van der Waals surface area contributed by atoms with Crippen LogP contribution in [-0.2, 0) is 9.53 Å². The molecule has 0 bridgehead atoms. The van der Waals surface area contributed by atoms with Gasteiger partial charge in [0.2, 0.25) is 0 Å². The van der Waals surface area contributed by atoms with E-state index in [4.69, 9.17) is 10.5 Å². The van der Waals surface area contributed by atoms with Crippen LogP contribution in [0, 0.1) is 5.92 Å². The number of carbonyl (C=O) groups is 1. The molecule has 0 aromatic carbocycles. The van der Waals surface area contributed by atoms with E-state index in [1.165, 1.54) is 0 Å². The monoisotopic (exact) mass is 212 g/mol. The SMILES string of the molecule is CC1CCOC1C(=O)N(CCN)C1CC1. The molecule has 0 radical (unpaired) electrons. The highest BCUT2D eigenvalue weighted by Crippen LogP contribution is 2.30. The van der Waals surface area contributed by atoms with Gasteiger partial charge >= 0.3 is 0 Å². The zero-order valence-electron chi connectivity index (χ0n) is 9.32. The van der Waals surface area contributed by atoms with E-state index in [1.54, 1.807) is 0 Å². The molecule has 1 saturated heterocycles. The summed E-state index contributed by atoms with van der Waals surface area (Å²) in [4.78, 5) is 14.1. The Bertz CT molecular complexity index is 241. The zero-order valence-corrected chi connectivity index (χ0v) is 9.32. The predicted octanol–water partition coefficient (Wildman–Crippen LogP) is 0.361. The van der Waals surface area contributed by atoms with Crippen molar-refractivity contribution in [2.45, 2.75) is 38.3 Å². The molecule has 0 aromatic heterocycles. The first-order valence-corrected chi connectivity index (χ1v) is 5.86. The van der Waals surface area contributed by atoms with E-state index in [-0.39, 0.29) is 12.0 Å². The first-order chi connectivity index (χ1) is 7.24. The summed E-state index contributed by atoms with van der Waals surface area (Å²) in [5.74, 6) is 0.518. The van der Waals surface area contributed by atoms with Gasteiger partial charge in [-0.3, -0.25) is 4.79 Å². The van der Waals surface area contributed by atoms with Gasteiger partial charge in [-0.15, -0.1) is 0 Å². The lowest BCUT2D eigenvalue weighted by Gasteiger charge is -2.26. The van der Waals surface area contributed by atoms with Crippen molar-refractivity contribution in [1.82, 2.24) is 4.90 Å². The highest BCUT2D eigenvalue weighted by atomic mass is 16.5. The molecule has 4 nitrogen and oxygen atoms in total. The highest BCUT2D eigenvalue weighted by Gasteiger charge is 2.39. The fourth-order valence-corrected chi connectivity index (χ4v) is 2.17. The number of ether oxygens (including phenoxy) is 1. The second-order valence-electron chi connectivity index (χ2n) is 4.61. The van der Waals surface area contributed by atoms with E-state index in [0.29, 0.717) is 25.0 Å². The molecule has 4 heteroatoms. The smallest absolute Gasteiger partial charge is 0.252 e. The summed E-state index contributed by atoms with van der Waals surface area (Å²) in [5, 5.41) is 0. The number of amides is 1. The van der Waals surface area contributed by atoms with Crippen LogP contribution in [0.15, 0.2) is 0 Å². The molecule has 2 rings (SSSR count). The van der Waals surface area contributed by atoms with Gasteiger partial charge in [0.1, 0.15) is 6.10 Å².